The molecule has 0 aromatic heterocycles. The van der Waals surface area contributed by atoms with Crippen LogP contribution in [0.2, 0.25) is 0 Å². The molecule has 0 spiro atoms. The summed E-state index contributed by atoms with van der Waals surface area (Å²) >= 11 is 0. The second-order valence-corrected chi connectivity index (χ2v) is 2.31. The van der Waals surface area contributed by atoms with E-state index >= 15 is 0 Å². The molecule has 68 valence electrons. The van der Waals surface area contributed by atoms with Crippen LogP contribution in [0.1, 0.15) is 6.92 Å². The molecule has 0 rings (SSSR count). The summed E-state index contributed by atoms with van der Waals surface area (Å²) in [6.07, 6.45) is 3.51. The average Bonchev–Trinajstić information content (AvgIpc) is 2.03. The lowest BCUT2D eigenvalue weighted by atomic mass is 10.4. The van der Waals surface area contributed by atoms with Crippen LogP contribution in [-0.4, -0.2) is 26.3 Å². The summed E-state index contributed by atoms with van der Waals surface area (Å²) in [7, 11) is 1.60. The molecular weight excluding hydrogens is 156 g/mol. The van der Waals surface area contributed by atoms with E-state index in [4.69, 9.17) is 9.47 Å². The van der Waals surface area contributed by atoms with Crippen molar-refractivity contribution in [1.29, 1.82) is 0 Å². The molecular formula is C9H14O3. The van der Waals surface area contributed by atoms with Gasteiger partial charge < -0.3 is 9.47 Å². The number of ether oxygens (including phenoxy) is 2. The molecule has 0 aliphatic carbocycles. The lowest BCUT2D eigenvalue weighted by Crippen LogP contribution is -2.04. The smallest absolute Gasteiger partial charge is 0.333 e. The normalized spacial score (nSPS) is 10.2. The van der Waals surface area contributed by atoms with E-state index in [1.165, 1.54) is 0 Å². The summed E-state index contributed by atoms with van der Waals surface area (Å²) in [6.45, 7) is 5.86. The van der Waals surface area contributed by atoms with Gasteiger partial charge in [-0.1, -0.05) is 12.7 Å². The first kappa shape index (κ1) is 10.9. The second-order valence-electron chi connectivity index (χ2n) is 2.31. The highest BCUT2D eigenvalue weighted by atomic mass is 16.5. The maximum atomic E-state index is 10.8. The highest BCUT2D eigenvalue weighted by Crippen LogP contribution is 1.91. The zero-order valence-corrected chi connectivity index (χ0v) is 7.50. The molecule has 0 unspecified atom stereocenters. The predicted molar refractivity (Wildman–Crippen MR) is 46.8 cm³/mol. The Bertz CT molecular complexity index is 182. The summed E-state index contributed by atoms with van der Waals surface area (Å²) in [5.74, 6) is -0.364. The van der Waals surface area contributed by atoms with Gasteiger partial charge in [0.15, 0.2) is 0 Å². The van der Waals surface area contributed by atoms with Crippen LogP contribution in [0.4, 0.5) is 0 Å². The van der Waals surface area contributed by atoms with Crippen molar-refractivity contribution in [2.24, 2.45) is 0 Å². The number of hydrogen-bond donors (Lipinski definition) is 0. The highest BCUT2D eigenvalue weighted by Gasteiger charge is 1.99. The molecule has 0 aromatic rings. The van der Waals surface area contributed by atoms with Crippen molar-refractivity contribution in [2.45, 2.75) is 6.92 Å². The van der Waals surface area contributed by atoms with Gasteiger partial charge in [-0.2, -0.15) is 0 Å². The maximum absolute atomic E-state index is 10.8. The van der Waals surface area contributed by atoms with Gasteiger partial charge in [0.1, 0.15) is 6.61 Å². The van der Waals surface area contributed by atoms with Gasteiger partial charge in [0.25, 0.3) is 0 Å². The Kier molecular flexibility index (Phi) is 6.01. The molecule has 0 saturated carbocycles. The van der Waals surface area contributed by atoms with Crippen LogP contribution in [0.3, 0.4) is 0 Å². The topological polar surface area (TPSA) is 35.5 Å². The molecule has 0 atom stereocenters. The first-order valence-electron chi connectivity index (χ1n) is 3.65. The fourth-order valence-corrected chi connectivity index (χ4v) is 0.479. The third-order valence-electron chi connectivity index (χ3n) is 1.09. The molecule has 3 nitrogen and oxygen atoms in total. The summed E-state index contributed by atoms with van der Waals surface area (Å²) in [6, 6.07) is 0. The first-order chi connectivity index (χ1) is 5.68. The van der Waals surface area contributed by atoms with Gasteiger partial charge in [-0.3, -0.25) is 0 Å². The maximum Gasteiger partial charge on any atom is 0.333 e. The van der Waals surface area contributed by atoms with Crippen molar-refractivity contribution in [3.63, 3.8) is 0 Å². The molecule has 0 amide bonds. The molecule has 0 radical (unpaired) electrons. The van der Waals surface area contributed by atoms with Crippen LogP contribution < -0.4 is 0 Å². The predicted octanol–water partition coefficient (Wildman–Crippen LogP) is 1.31. The summed E-state index contributed by atoms with van der Waals surface area (Å²) in [5, 5.41) is 0. The second kappa shape index (κ2) is 6.61. The Morgan fingerprint density at radius 3 is 2.50 bits per heavy atom. The zero-order chi connectivity index (χ0) is 9.40. The fraction of sp³-hybridized carbons (Fsp3) is 0.444. The highest BCUT2D eigenvalue weighted by molar-refractivity contribution is 5.86. The molecule has 0 aromatic carbocycles. The molecule has 0 bridgehead atoms. The van der Waals surface area contributed by atoms with Crippen molar-refractivity contribution in [3.8, 4) is 0 Å². The van der Waals surface area contributed by atoms with Crippen molar-refractivity contribution < 1.29 is 14.3 Å². The Morgan fingerprint density at radius 1 is 1.42 bits per heavy atom. The van der Waals surface area contributed by atoms with Crippen LogP contribution in [0.25, 0.3) is 0 Å². The first-order valence-corrected chi connectivity index (χ1v) is 3.65. The molecule has 0 heterocycles. The largest absolute Gasteiger partial charge is 0.458 e. The van der Waals surface area contributed by atoms with E-state index < -0.39 is 0 Å². The van der Waals surface area contributed by atoms with Crippen molar-refractivity contribution in [2.75, 3.05) is 20.3 Å². The monoisotopic (exact) mass is 170 g/mol. The number of carbonyl (C=O) groups is 1. The van der Waals surface area contributed by atoms with E-state index in [1.54, 1.807) is 26.2 Å². The lowest BCUT2D eigenvalue weighted by molar-refractivity contribution is -0.137. The van der Waals surface area contributed by atoms with Gasteiger partial charge in [-0.05, 0) is 13.0 Å². The number of hydrogen-bond acceptors (Lipinski definition) is 3. The fourth-order valence-electron chi connectivity index (χ4n) is 0.479. The van der Waals surface area contributed by atoms with Gasteiger partial charge in [0.2, 0.25) is 0 Å². The Labute approximate surface area is 72.7 Å². The molecule has 0 N–H and O–H groups in total. The van der Waals surface area contributed by atoms with Crippen molar-refractivity contribution in [1.82, 2.24) is 0 Å². The number of carbonyl (C=O) groups excluding carboxylic acids is 1. The quantitative estimate of drug-likeness (QED) is 0.354. The van der Waals surface area contributed by atoms with E-state index in [0.717, 1.165) is 0 Å². The third kappa shape index (κ3) is 5.68. The summed E-state index contributed by atoms with van der Waals surface area (Å²) in [5.41, 5.74) is 0.412. The Morgan fingerprint density at radius 2 is 2.00 bits per heavy atom. The summed E-state index contributed by atoms with van der Waals surface area (Å²) in [4.78, 5) is 10.8. The third-order valence-corrected chi connectivity index (χ3v) is 1.09. The molecule has 3 heteroatoms. The number of esters is 1. The zero-order valence-electron chi connectivity index (χ0n) is 7.50. The number of methoxy groups -OCH3 is 1. The summed E-state index contributed by atoms with van der Waals surface area (Å²) < 4.78 is 9.52. The van der Waals surface area contributed by atoms with E-state index in [0.29, 0.717) is 12.2 Å². The Balaban J connectivity index is 3.43. The number of rotatable bonds is 5. The minimum atomic E-state index is -0.364. The van der Waals surface area contributed by atoms with Crippen LogP contribution in [0.15, 0.2) is 24.3 Å². The minimum absolute atomic E-state index is 0.273. The van der Waals surface area contributed by atoms with Crippen molar-refractivity contribution in [3.05, 3.63) is 24.3 Å². The van der Waals surface area contributed by atoms with Gasteiger partial charge in [-0.25, -0.2) is 4.79 Å². The van der Waals surface area contributed by atoms with Crippen LogP contribution in [0.5, 0.6) is 0 Å². The SMILES string of the molecule is C=C(C)C(=O)OCC=CCOC. The van der Waals surface area contributed by atoms with Crippen LogP contribution in [0, 0.1) is 0 Å². The van der Waals surface area contributed by atoms with Gasteiger partial charge in [0, 0.05) is 12.7 Å². The van der Waals surface area contributed by atoms with E-state index in [9.17, 15) is 4.79 Å². The molecule has 0 saturated heterocycles. The average molecular weight is 170 g/mol. The van der Waals surface area contributed by atoms with Gasteiger partial charge >= 0.3 is 5.97 Å². The molecule has 0 fully saturated rings. The van der Waals surface area contributed by atoms with Crippen molar-refractivity contribution >= 4 is 5.97 Å². The van der Waals surface area contributed by atoms with E-state index in [2.05, 4.69) is 6.58 Å². The van der Waals surface area contributed by atoms with E-state index in [-0.39, 0.29) is 12.6 Å². The van der Waals surface area contributed by atoms with Crippen LogP contribution >= 0.6 is 0 Å². The molecule has 12 heavy (non-hydrogen) atoms. The van der Waals surface area contributed by atoms with Gasteiger partial charge in [0.05, 0.1) is 6.61 Å². The lowest BCUT2D eigenvalue weighted by Gasteiger charge is -1.98. The molecule has 0 aliphatic rings. The molecule has 0 aliphatic heterocycles. The standard InChI is InChI=1S/C9H14O3/c1-8(2)9(10)12-7-5-4-6-11-3/h4-5H,1,6-7H2,2-3H3. The van der Waals surface area contributed by atoms with E-state index in [1.807, 2.05) is 0 Å². The Hall–Kier alpha value is -1.09. The van der Waals surface area contributed by atoms with Gasteiger partial charge in [-0.15, -0.1) is 0 Å². The minimum Gasteiger partial charge on any atom is -0.458 e. The van der Waals surface area contributed by atoms with Crippen LogP contribution in [-0.2, 0) is 14.3 Å².